The maximum atomic E-state index is 12.2. The summed E-state index contributed by atoms with van der Waals surface area (Å²) in [5.74, 6) is 0.361. The Hall–Kier alpha value is -3.75. The predicted molar refractivity (Wildman–Crippen MR) is 101 cm³/mol. The SMILES string of the molecule is COc1ccc(NC(C)=O)cc1NC(=O)CNC(=O)c1ccc2c(c1)OCO2. The molecule has 1 aliphatic heterocycles. The lowest BCUT2D eigenvalue weighted by Gasteiger charge is -2.13. The van der Waals surface area contributed by atoms with E-state index in [1.165, 1.54) is 14.0 Å². The fourth-order valence-corrected chi connectivity index (χ4v) is 2.58. The Balaban J connectivity index is 1.61. The number of amides is 3. The molecule has 9 nitrogen and oxygen atoms in total. The van der Waals surface area contributed by atoms with Gasteiger partial charge in [-0.05, 0) is 36.4 Å². The Kier molecular flexibility index (Phi) is 5.64. The van der Waals surface area contributed by atoms with Crippen LogP contribution in [-0.4, -0.2) is 38.2 Å². The maximum absolute atomic E-state index is 12.2. The zero-order valence-electron chi connectivity index (χ0n) is 15.3. The first-order chi connectivity index (χ1) is 13.5. The van der Waals surface area contributed by atoms with Gasteiger partial charge >= 0.3 is 0 Å². The second kappa shape index (κ2) is 8.30. The van der Waals surface area contributed by atoms with Crippen molar-refractivity contribution >= 4 is 29.1 Å². The Morgan fingerprint density at radius 2 is 1.82 bits per heavy atom. The van der Waals surface area contributed by atoms with Crippen LogP contribution in [0.5, 0.6) is 17.2 Å². The van der Waals surface area contributed by atoms with Gasteiger partial charge in [0.15, 0.2) is 11.5 Å². The summed E-state index contributed by atoms with van der Waals surface area (Å²) < 4.78 is 15.6. The number of fused-ring (bicyclic) bond motifs is 1. The minimum Gasteiger partial charge on any atom is -0.495 e. The number of ether oxygens (including phenoxy) is 3. The number of benzene rings is 2. The van der Waals surface area contributed by atoms with E-state index in [1.54, 1.807) is 36.4 Å². The van der Waals surface area contributed by atoms with Crippen LogP contribution in [0.25, 0.3) is 0 Å². The highest BCUT2D eigenvalue weighted by molar-refractivity contribution is 6.00. The summed E-state index contributed by atoms with van der Waals surface area (Å²) in [4.78, 5) is 35.7. The highest BCUT2D eigenvalue weighted by Gasteiger charge is 2.17. The molecule has 28 heavy (non-hydrogen) atoms. The van der Waals surface area contributed by atoms with E-state index in [4.69, 9.17) is 14.2 Å². The minimum atomic E-state index is -0.452. The molecular weight excluding hydrogens is 366 g/mol. The van der Waals surface area contributed by atoms with E-state index >= 15 is 0 Å². The van der Waals surface area contributed by atoms with Crippen LogP contribution < -0.4 is 30.2 Å². The van der Waals surface area contributed by atoms with E-state index < -0.39 is 11.8 Å². The van der Waals surface area contributed by atoms with Crippen molar-refractivity contribution in [3.8, 4) is 17.2 Å². The van der Waals surface area contributed by atoms with Crippen molar-refractivity contribution < 1.29 is 28.6 Å². The molecule has 2 aromatic rings. The smallest absolute Gasteiger partial charge is 0.251 e. The molecule has 2 aromatic carbocycles. The van der Waals surface area contributed by atoms with Crippen LogP contribution in [0.1, 0.15) is 17.3 Å². The number of carbonyl (C=O) groups excluding carboxylic acids is 3. The average molecular weight is 385 g/mol. The number of rotatable bonds is 6. The summed E-state index contributed by atoms with van der Waals surface area (Å²) >= 11 is 0. The average Bonchev–Trinajstić information content (AvgIpc) is 3.13. The molecular formula is C19H19N3O6. The van der Waals surface area contributed by atoms with Gasteiger partial charge in [0, 0.05) is 18.2 Å². The summed E-state index contributed by atoms with van der Waals surface area (Å²) in [6, 6.07) is 9.60. The summed E-state index contributed by atoms with van der Waals surface area (Å²) in [6.45, 7) is 1.25. The molecule has 0 aromatic heterocycles. The Bertz CT molecular complexity index is 928. The van der Waals surface area contributed by atoms with Gasteiger partial charge < -0.3 is 30.2 Å². The van der Waals surface area contributed by atoms with Crippen LogP contribution in [0.2, 0.25) is 0 Å². The highest BCUT2D eigenvalue weighted by Crippen LogP contribution is 2.32. The van der Waals surface area contributed by atoms with Gasteiger partial charge in [-0.15, -0.1) is 0 Å². The molecule has 0 radical (unpaired) electrons. The molecule has 0 spiro atoms. The standard InChI is InChI=1S/C19H19N3O6/c1-11(23)21-13-4-6-15(26-2)14(8-13)22-18(24)9-20-19(25)12-3-5-16-17(7-12)28-10-27-16/h3-8H,9-10H2,1-2H3,(H,20,25)(H,21,23)(H,22,24). The molecule has 3 N–H and O–H groups in total. The second-order valence-electron chi connectivity index (χ2n) is 5.90. The zero-order chi connectivity index (χ0) is 20.1. The molecule has 1 aliphatic rings. The predicted octanol–water partition coefficient (Wildman–Crippen LogP) is 1.75. The third kappa shape index (κ3) is 4.50. The summed E-state index contributed by atoms with van der Waals surface area (Å²) in [7, 11) is 1.46. The lowest BCUT2D eigenvalue weighted by molar-refractivity contribution is -0.115. The highest BCUT2D eigenvalue weighted by atomic mass is 16.7. The van der Waals surface area contributed by atoms with Crippen LogP contribution in [0.4, 0.5) is 11.4 Å². The molecule has 146 valence electrons. The number of methoxy groups -OCH3 is 1. The third-order valence-corrected chi connectivity index (χ3v) is 3.84. The lowest BCUT2D eigenvalue weighted by atomic mass is 10.2. The second-order valence-corrected chi connectivity index (χ2v) is 5.90. The quantitative estimate of drug-likeness (QED) is 0.698. The van der Waals surface area contributed by atoms with Crippen LogP contribution >= 0.6 is 0 Å². The van der Waals surface area contributed by atoms with E-state index in [1.807, 2.05) is 0 Å². The fourth-order valence-electron chi connectivity index (χ4n) is 2.58. The van der Waals surface area contributed by atoms with Crippen molar-refractivity contribution in [1.82, 2.24) is 5.32 Å². The molecule has 1 heterocycles. The Morgan fingerprint density at radius 3 is 2.57 bits per heavy atom. The molecule has 0 bridgehead atoms. The van der Waals surface area contributed by atoms with E-state index in [0.717, 1.165) is 0 Å². The molecule has 3 rings (SSSR count). The first kappa shape index (κ1) is 19.0. The van der Waals surface area contributed by atoms with Gasteiger partial charge in [-0.1, -0.05) is 0 Å². The molecule has 0 fully saturated rings. The molecule has 0 atom stereocenters. The molecule has 0 saturated carbocycles. The molecule has 0 unspecified atom stereocenters. The van der Waals surface area contributed by atoms with E-state index in [2.05, 4.69) is 16.0 Å². The largest absolute Gasteiger partial charge is 0.495 e. The van der Waals surface area contributed by atoms with Crippen molar-refractivity contribution in [2.24, 2.45) is 0 Å². The Labute approximate surface area is 161 Å². The molecule has 0 aliphatic carbocycles. The van der Waals surface area contributed by atoms with Gasteiger partial charge in [0.1, 0.15) is 5.75 Å². The number of anilines is 2. The molecule has 9 heteroatoms. The Morgan fingerprint density at radius 1 is 1.04 bits per heavy atom. The van der Waals surface area contributed by atoms with Crippen molar-refractivity contribution in [3.05, 3.63) is 42.0 Å². The molecule has 3 amide bonds. The van der Waals surface area contributed by atoms with E-state index in [0.29, 0.717) is 34.2 Å². The number of hydrogen-bond acceptors (Lipinski definition) is 6. The van der Waals surface area contributed by atoms with Crippen LogP contribution in [0, 0.1) is 0 Å². The number of nitrogens with one attached hydrogen (secondary N) is 3. The van der Waals surface area contributed by atoms with Crippen molar-refractivity contribution in [2.75, 3.05) is 31.1 Å². The number of carbonyl (C=O) groups is 3. The van der Waals surface area contributed by atoms with Gasteiger partial charge in [0.2, 0.25) is 18.6 Å². The summed E-state index contributed by atoms with van der Waals surface area (Å²) in [6.07, 6.45) is 0. The zero-order valence-corrected chi connectivity index (χ0v) is 15.3. The topological polar surface area (TPSA) is 115 Å². The van der Waals surface area contributed by atoms with Gasteiger partial charge in [-0.3, -0.25) is 14.4 Å². The monoisotopic (exact) mass is 385 g/mol. The normalized spacial score (nSPS) is 11.5. The third-order valence-electron chi connectivity index (χ3n) is 3.84. The van der Waals surface area contributed by atoms with Crippen LogP contribution in [0.15, 0.2) is 36.4 Å². The van der Waals surface area contributed by atoms with Crippen molar-refractivity contribution in [1.29, 1.82) is 0 Å². The summed E-state index contributed by atoms with van der Waals surface area (Å²) in [5.41, 5.74) is 1.23. The first-order valence-electron chi connectivity index (χ1n) is 8.39. The van der Waals surface area contributed by atoms with Crippen LogP contribution in [0.3, 0.4) is 0 Å². The molecule has 0 saturated heterocycles. The van der Waals surface area contributed by atoms with Gasteiger partial charge in [0.05, 0.1) is 19.3 Å². The maximum Gasteiger partial charge on any atom is 0.251 e. The lowest BCUT2D eigenvalue weighted by Crippen LogP contribution is -2.32. The van der Waals surface area contributed by atoms with Crippen molar-refractivity contribution in [2.45, 2.75) is 6.92 Å². The summed E-state index contributed by atoms with van der Waals surface area (Å²) in [5, 5.41) is 7.81. The van der Waals surface area contributed by atoms with Gasteiger partial charge in [-0.2, -0.15) is 0 Å². The van der Waals surface area contributed by atoms with E-state index in [9.17, 15) is 14.4 Å². The van der Waals surface area contributed by atoms with Crippen LogP contribution in [-0.2, 0) is 9.59 Å². The van der Waals surface area contributed by atoms with Gasteiger partial charge in [0.25, 0.3) is 5.91 Å². The first-order valence-corrected chi connectivity index (χ1v) is 8.39. The minimum absolute atomic E-state index is 0.113. The van der Waals surface area contributed by atoms with Crippen molar-refractivity contribution in [3.63, 3.8) is 0 Å². The van der Waals surface area contributed by atoms with E-state index in [-0.39, 0.29) is 19.2 Å². The fraction of sp³-hybridized carbons (Fsp3) is 0.211. The van der Waals surface area contributed by atoms with Gasteiger partial charge in [-0.25, -0.2) is 0 Å². The number of hydrogen-bond donors (Lipinski definition) is 3.